The molecule has 12 heteroatoms. The monoisotopic (exact) mass is 447 g/mol. The van der Waals surface area contributed by atoms with Crippen LogP contribution in [0.2, 0.25) is 0 Å². The van der Waals surface area contributed by atoms with Gasteiger partial charge in [0.2, 0.25) is 0 Å². The fraction of sp³-hybridized carbons (Fsp3) is 0.111. The average Bonchev–Trinajstić information content (AvgIpc) is 3.13. The molecule has 2 aromatic carbocycles. The SMILES string of the molecule is COc1ccccc1NS(=O)(=O)c1cc([N+](=O)[O-])ccc1N/N=C/c1csc(C)n1. The molecule has 0 spiro atoms. The fourth-order valence-corrected chi connectivity index (χ4v) is 4.29. The quantitative estimate of drug-likeness (QED) is 0.306. The van der Waals surface area contributed by atoms with Crippen molar-refractivity contribution in [2.24, 2.45) is 5.10 Å². The van der Waals surface area contributed by atoms with E-state index in [1.807, 2.05) is 6.92 Å². The third-order valence-corrected chi connectivity index (χ3v) is 6.03. The Balaban J connectivity index is 1.96. The molecule has 3 aromatic rings. The Hall–Kier alpha value is -3.51. The number of hydrogen-bond donors (Lipinski definition) is 2. The predicted octanol–water partition coefficient (Wildman–Crippen LogP) is 3.62. The Kier molecular flexibility index (Phi) is 6.28. The molecule has 3 rings (SSSR count). The molecule has 0 saturated heterocycles. The van der Waals surface area contributed by atoms with Gasteiger partial charge in [-0.3, -0.25) is 20.3 Å². The van der Waals surface area contributed by atoms with Crippen molar-refractivity contribution in [2.45, 2.75) is 11.8 Å². The molecule has 0 amide bonds. The minimum Gasteiger partial charge on any atom is -0.495 e. The van der Waals surface area contributed by atoms with Crippen LogP contribution in [-0.4, -0.2) is 31.6 Å². The summed E-state index contributed by atoms with van der Waals surface area (Å²) in [6, 6.07) is 9.85. The number of aromatic nitrogens is 1. The normalized spacial score (nSPS) is 11.4. The van der Waals surface area contributed by atoms with E-state index in [4.69, 9.17) is 4.74 Å². The second-order valence-electron chi connectivity index (χ2n) is 5.90. The molecule has 0 fully saturated rings. The lowest BCUT2D eigenvalue weighted by Gasteiger charge is -2.14. The number of nitro groups is 1. The topological polar surface area (TPSA) is 136 Å². The molecule has 0 unspecified atom stereocenters. The number of nitro benzene ring substituents is 1. The lowest BCUT2D eigenvalue weighted by atomic mass is 10.3. The van der Waals surface area contributed by atoms with E-state index in [9.17, 15) is 18.5 Å². The van der Waals surface area contributed by atoms with Crippen molar-refractivity contribution >= 4 is 44.6 Å². The first-order valence-electron chi connectivity index (χ1n) is 8.45. The highest BCUT2D eigenvalue weighted by Crippen LogP contribution is 2.31. The van der Waals surface area contributed by atoms with Crippen LogP contribution < -0.4 is 14.9 Å². The summed E-state index contributed by atoms with van der Waals surface area (Å²) in [5.74, 6) is 0.304. The number of rotatable bonds is 8. The van der Waals surface area contributed by atoms with Crippen molar-refractivity contribution < 1.29 is 18.1 Å². The number of nitrogens with zero attached hydrogens (tertiary/aromatic N) is 3. The highest BCUT2D eigenvalue weighted by molar-refractivity contribution is 7.93. The van der Waals surface area contributed by atoms with Gasteiger partial charge in [-0.25, -0.2) is 13.4 Å². The Bertz CT molecular complexity index is 1210. The fourth-order valence-electron chi connectivity index (χ4n) is 2.48. The van der Waals surface area contributed by atoms with Gasteiger partial charge in [0.1, 0.15) is 10.6 Å². The molecule has 0 atom stereocenters. The third kappa shape index (κ3) is 4.90. The number of hydrazone groups is 1. The first-order chi connectivity index (χ1) is 14.3. The number of para-hydroxylation sites is 2. The smallest absolute Gasteiger partial charge is 0.270 e. The minimum absolute atomic E-state index is 0.0613. The van der Waals surface area contributed by atoms with Gasteiger partial charge in [-0.1, -0.05) is 12.1 Å². The molecule has 0 saturated carbocycles. The van der Waals surface area contributed by atoms with Crippen molar-refractivity contribution in [3.8, 4) is 5.75 Å². The Labute approximate surface area is 176 Å². The molecular weight excluding hydrogens is 430 g/mol. The summed E-state index contributed by atoms with van der Waals surface area (Å²) >= 11 is 1.45. The number of methoxy groups -OCH3 is 1. The van der Waals surface area contributed by atoms with E-state index in [-0.39, 0.29) is 22.0 Å². The zero-order chi connectivity index (χ0) is 21.7. The minimum atomic E-state index is -4.21. The van der Waals surface area contributed by atoms with Crippen molar-refractivity contribution in [2.75, 3.05) is 17.3 Å². The van der Waals surface area contributed by atoms with E-state index >= 15 is 0 Å². The third-order valence-electron chi connectivity index (χ3n) is 3.84. The van der Waals surface area contributed by atoms with E-state index < -0.39 is 14.9 Å². The molecule has 0 aliphatic rings. The first kappa shape index (κ1) is 21.2. The molecule has 0 radical (unpaired) electrons. The number of sulfonamides is 1. The van der Waals surface area contributed by atoms with Crippen LogP contribution in [0.1, 0.15) is 10.7 Å². The lowest BCUT2D eigenvalue weighted by Crippen LogP contribution is -2.15. The van der Waals surface area contributed by atoms with Crippen molar-refractivity contribution in [1.82, 2.24) is 4.98 Å². The summed E-state index contributed by atoms with van der Waals surface area (Å²) in [5, 5.41) is 17.8. The summed E-state index contributed by atoms with van der Waals surface area (Å²) in [6.45, 7) is 1.85. The van der Waals surface area contributed by atoms with Gasteiger partial charge >= 0.3 is 0 Å². The van der Waals surface area contributed by atoms with E-state index in [1.165, 1.54) is 42.9 Å². The number of non-ortho nitro benzene ring substituents is 1. The number of benzene rings is 2. The number of aryl methyl sites for hydroxylation is 1. The van der Waals surface area contributed by atoms with Crippen LogP contribution >= 0.6 is 11.3 Å². The first-order valence-corrected chi connectivity index (χ1v) is 10.8. The summed E-state index contributed by atoms with van der Waals surface area (Å²) in [5.41, 5.74) is 3.10. The van der Waals surface area contributed by atoms with E-state index in [2.05, 4.69) is 20.2 Å². The maximum absolute atomic E-state index is 13.0. The summed E-state index contributed by atoms with van der Waals surface area (Å²) in [4.78, 5) is 14.4. The second-order valence-corrected chi connectivity index (χ2v) is 8.62. The van der Waals surface area contributed by atoms with Crippen molar-refractivity contribution in [3.05, 3.63) is 68.7 Å². The molecule has 0 aliphatic carbocycles. The molecule has 10 nitrogen and oxygen atoms in total. The van der Waals surface area contributed by atoms with Gasteiger partial charge < -0.3 is 4.74 Å². The molecule has 2 N–H and O–H groups in total. The highest BCUT2D eigenvalue weighted by Gasteiger charge is 2.23. The molecule has 0 bridgehead atoms. The van der Waals surface area contributed by atoms with E-state index in [0.717, 1.165) is 11.1 Å². The zero-order valence-electron chi connectivity index (χ0n) is 15.9. The number of ether oxygens (including phenoxy) is 1. The van der Waals surface area contributed by atoms with Gasteiger partial charge in [0.05, 0.1) is 40.3 Å². The second kappa shape index (κ2) is 8.88. The van der Waals surface area contributed by atoms with Crippen LogP contribution in [0, 0.1) is 17.0 Å². The van der Waals surface area contributed by atoms with Crippen LogP contribution in [0.15, 0.2) is 57.8 Å². The number of nitrogens with one attached hydrogen (secondary N) is 2. The Morgan fingerprint density at radius 1 is 1.23 bits per heavy atom. The lowest BCUT2D eigenvalue weighted by molar-refractivity contribution is -0.385. The van der Waals surface area contributed by atoms with Gasteiger partial charge in [0, 0.05) is 17.5 Å². The highest BCUT2D eigenvalue weighted by atomic mass is 32.2. The van der Waals surface area contributed by atoms with Crippen molar-refractivity contribution in [3.63, 3.8) is 0 Å². The van der Waals surface area contributed by atoms with Crippen molar-refractivity contribution in [1.29, 1.82) is 0 Å². The summed E-state index contributed by atoms with van der Waals surface area (Å²) in [7, 11) is -2.80. The van der Waals surface area contributed by atoms with E-state index in [1.54, 1.807) is 23.6 Å². The molecule has 1 heterocycles. The summed E-state index contributed by atoms with van der Waals surface area (Å²) < 4.78 is 33.6. The van der Waals surface area contributed by atoms with Crippen LogP contribution in [0.3, 0.4) is 0 Å². The zero-order valence-corrected chi connectivity index (χ0v) is 17.5. The molecule has 156 valence electrons. The standard InChI is InChI=1S/C18H17N5O5S2/c1-12-20-13(11-29-12)10-19-21-16-8-7-14(23(24)25)9-18(16)30(26,27)22-15-5-3-4-6-17(15)28-2/h3-11,21-22H,1-2H3/b19-10+. The average molecular weight is 447 g/mol. The van der Waals surface area contributed by atoms with Gasteiger partial charge in [-0.2, -0.15) is 5.10 Å². The molecular formula is C18H17N5O5S2. The van der Waals surface area contributed by atoms with Gasteiger partial charge in [0.25, 0.3) is 15.7 Å². The van der Waals surface area contributed by atoms with Crippen LogP contribution in [0.25, 0.3) is 0 Å². The van der Waals surface area contributed by atoms with E-state index in [0.29, 0.717) is 11.4 Å². The van der Waals surface area contributed by atoms with Crippen LogP contribution in [0.4, 0.5) is 17.1 Å². The maximum Gasteiger partial charge on any atom is 0.270 e. The Morgan fingerprint density at radius 3 is 2.67 bits per heavy atom. The summed E-state index contributed by atoms with van der Waals surface area (Å²) in [6.07, 6.45) is 1.43. The number of thiazole rings is 1. The van der Waals surface area contributed by atoms with Crippen LogP contribution in [0.5, 0.6) is 5.75 Å². The van der Waals surface area contributed by atoms with Gasteiger partial charge in [-0.05, 0) is 25.1 Å². The maximum atomic E-state index is 13.0. The van der Waals surface area contributed by atoms with Gasteiger partial charge in [-0.15, -0.1) is 11.3 Å². The predicted molar refractivity (Wildman–Crippen MR) is 115 cm³/mol. The Morgan fingerprint density at radius 2 is 2.00 bits per heavy atom. The van der Waals surface area contributed by atoms with Gasteiger partial charge in [0.15, 0.2) is 0 Å². The molecule has 1 aromatic heterocycles. The number of hydrogen-bond acceptors (Lipinski definition) is 9. The number of anilines is 2. The molecule has 30 heavy (non-hydrogen) atoms. The molecule has 0 aliphatic heterocycles. The largest absolute Gasteiger partial charge is 0.495 e. The van der Waals surface area contributed by atoms with Crippen LogP contribution in [-0.2, 0) is 10.0 Å².